The Bertz CT molecular complexity index is 666. The summed E-state index contributed by atoms with van der Waals surface area (Å²) in [5.41, 5.74) is 0.619. The molecule has 2 amide bonds. The van der Waals surface area contributed by atoms with Gasteiger partial charge in [-0.2, -0.15) is 0 Å². The van der Waals surface area contributed by atoms with E-state index in [1.165, 1.54) is 6.07 Å². The Hall–Kier alpha value is -1.95. The Balaban J connectivity index is 1.52. The summed E-state index contributed by atoms with van der Waals surface area (Å²) < 4.78 is 13.6. The lowest BCUT2D eigenvalue weighted by molar-refractivity contribution is -0.139. The number of rotatable bonds is 5. The quantitative estimate of drug-likeness (QED) is 0.874. The molecule has 2 aliphatic heterocycles. The first-order valence-electron chi connectivity index (χ1n) is 9.51. The van der Waals surface area contributed by atoms with E-state index in [-0.39, 0.29) is 29.6 Å². The second-order valence-electron chi connectivity index (χ2n) is 7.59. The lowest BCUT2D eigenvalue weighted by Gasteiger charge is -2.48. The van der Waals surface area contributed by atoms with Gasteiger partial charge in [0.15, 0.2) is 0 Å². The molecular weight excluding hydrogens is 333 g/mol. The number of piperidine rings is 2. The number of benzene rings is 1. The highest BCUT2D eigenvalue weighted by atomic mass is 19.1. The Labute approximate surface area is 154 Å². The summed E-state index contributed by atoms with van der Waals surface area (Å²) >= 11 is 0. The minimum atomic E-state index is -0.295. The van der Waals surface area contributed by atoms with E-state index in [2.05, 4.69) is 10.2 Å². The third kappa shape index (κ3) is 4.41. The van der Waals surface area contributed by atoms with E-state index < -0.39 is 0 Å². The van der Waals surface area contributed by atoms with Gasteiger partial charge in [-0.25, -0.2) is 4.39 Å². The first-order chi connectivity index (χ1) is 12.5. The smallest absolute Gasteiger partial charge is 0.234 e. The zero-order valence-electron chi connectivity index (χ0n) is 15.5. The molecule has 1 unspecified atom stereocenters. The Morgan fingerprint density at radius 1 is 1.27 bits per heavy atom. The molecule has 0 bridgehead atoms. The van der Waals surface area contributed by atoms with Crippen LogP contribution in [0.2, 0.25) is 0 Å². The summed E-state index contributed by atoms with van der Waals surface area (Å²) in [6.07, 6.45) is 3.69. The fraction of sp³-hybridized carbons (Fsp3) is 0.600. The van der Waals surface area contributed by atoms with Crippen molar-refractivity contribution in [1.82, 2.24) is 15.1 Å². The fourth-order valence-corrected chi connectivity index (χ4v) is 4.26. The third-order valence-corrected chi connectivity index (χ3v) is 5.67. The van der Waals surface area contributed by atoms with E-state index in [0.29, 0.717) is 18.5 Å². The van der Waals surface area contributed by atoms with Crippen LogP contribution in [-0.4, -0.2) is 54.3 Å². The number of halogens is 1. The Morgan fingerprint density at radius 3 is 2.85 bits per heavy atom. The van der Waals surface area contributed by atoms with Gasteiger partial charge in [0.2, 0.25) is 11.8 Å². The molecule has 26 heavy (non-hydrogen) atoms. The van der Waals surface area contributed by atoms with Crippen LogP contribution in [-0.2, 0) is 16.1 Å². The molecule has 1 aromatic rings. The van der Waals surface area contributed by atoms with Gasteiger partial charge >= 0.3 is 0 Å². The summed E-state index contributed by atoms with van der Waals surface area (Å²) in [5, 5.41) is 2.82. The maximum absolute atomic E-state index is 13.6. The van der Waals surface area contributed by atoms with Crippen LogP contribution < -0.4 is 5.32 Å². The number of nitrogens with zero attached hydrogens (tertiary/aromatic N) is 2. The number of amides is 2. The molecule has 2 aliphatic rings. The molecule has 2 fully saturated rings. The number of carbonyl (C=O) groups is 2. The fourth-order valence-electron chi connectivity index (χ4n) is 4.26. The molecule has 1 atom stereocenters. The van der Waals surface area contributed by atoms with Crippen molar-refractivity contribution in [2.75, 3.05) is 32.7 Å². The molecule has 0 aromatic heterocycles. The van der Waals surface area contributed by atoms with E-state index in [9.17, 15) is 14.0 Å². The highest BCUT2D eigenvalue weighted by Gasteiger charge is 2.41. The molecular formula is C20H28FN3O2. The van der Waals surface area contributed by atoms with Crippen LogP contribution in [0.15, 0.2) is 24.3 Å². The van der Waals surface area contributed by atoms with Crippen molar-refractivity contribution in [3.05, 3.63) is 35.6 Å². The van der Waals surface area contributed by atoms with Gasteiger partial charge in [0.1, 0.15) is 5.82 Å². The highest BCUT2D eigenvalue weighted by Crippen LogP contribution is 2.38. The standard InChI is InChI=1S/C20H28FN3O2/c1-2-24-15-20(10-8-19(24)26)9-5-11-23(14-20)13-18(25)22-12-16-6-3-4-7-17(16)21/h3-4,6-7H,2,5,8-15H2,1H3,(H,22,25). The van der Waals surface area contributed by atoms with Crippen LogP contribution in [0.3, 0.4) is 0 Å². The number of likely N-dealkylation sites (tertiary alicyclic amines) is 2. The minimum absolute atomic E-state index is 0.0791. The van der Waals surface area contributed by atoms with Crippen molar-refractivity contribution in [3.63, 3.8) is 0 Å². The van der Waals surface area contributed by atoms with E-state index in [1.54, 1.807) is 18.2 Å². The van der Waals surface area contributed by atoms with E-state index in [0.717, 1.165) is 45.4 Å². The van der Waals surface area contributed by atoms with Gasteiger partial charge in [-0.05, 0) is 38.8 Å². The molecule has 1 N–H and O–H groups in total. The van der Waals surface area contributed by atoms with Crippen LogP contribution in [0.5, 0.6) is 0 Å². The van der Waals surface area contributed by atoms with Crippen molar-refractivity contribution < 1.29 is 14.0 Å². The highest BCUT2D eigenvalue weighted by molar-refractivity contribution is 5.78. The minimum Gasteiger partial charge on any atom is -0.351 e. The average molecular weight is 361 g/mol. The van der Waals surface area contributed by atoms with Crippen LogP contribution in [0, 0.1) is 11.2 Å². The lowest BCUT2D eigenvalue weighted by Crippen LogP contribution is -2.55. The zero-order valence-corrected chi connectivity index (χ0v) is 15.5. The van der Waals surface area contributed by atoms with E-state index >= 15 is 0 Å². The summed E-state index contributed by atoms with van der Waals surface area (Å²) in [6, 6.07) is 6.49. The molecule has 0 aliphatic carbocycles. The summed E-state index contributed by atoms with van der Waals surface area (Å²) in [4.78, 5) is 28.4. The molecule has 0 radical (unpaired) electrons. The normalized spacial score (nSPS) is 24.1. The summed E-state index contributed by atoms with van der Waals surface area (Å²) in [7, 11) is 0. The SMILES string of the molecule is CCN1CC2(CCCN(CC(=O)NCc3ccccc3F)C2)CCC1=O. The predicted molar refractivity (Wildman–Crippen MR) is 97.8 cm³/mol. The van der Waals surface area contributed by atoms with Crippen molar-refractivity contribution in [3.8, 4) is 0 Å². The van der Waals surface area contributed by atoms with E-state index in [1.807, 2.05) is 11.8 Å². The van der Waals surface area contributed by atoms with Gasteiger partial charge in [-0.15, -0.1) is 0 Å². The molecule has 1 spiro atoms. The van der Waals surface area contributed by atoms with Gasteiger partial charge in [0.05, 0.1) is 6.54 Å². The molecule has 3 rings (SSSR count). The second-order valence-corrected chi connectivity index (χ2v) is 7.59. The van der Waals surface area contributed by atoms with Crippen molar-refractivity contribution in [2.45, 2.75) is 39.2 Å². The van der Waals surface area contributed by atoms with Gasteiger partial charge in [-0.3, -0.25) is 14.5 Å². The van der Waals surface area contributed by atoms with Crippen LogP contribution in [0.1, 0.15) is 38.2 Å². The molecule has 5 nitrogen and oxygen atoms in total. The van der Waals surface area contributed by atoms with Crippen molar-refractivity contribution in [2.24, 2.45) is 5.41 Å². The monoisotopic (exact) mass is 361 g/mol. The van der Waals surface area contributed by atoms with Crippen molar-refractivity contribution in [1.29, 1.82) is 0 Å². The first-order valence-corrected chi connectivity index (χ1v) is 9.51. The van der Waals surface area contributed by atoms with Crippen LogP contribution >= 0.6 is 0 Å². The number of carbonyl (C=O) groups excluding carboxylic acids is 2. The Kier molecular flexibility index (Phi) is 5.91. The average Bonchev–Trinajstić information content (AvgIpc) is 2.63. The largest absolute Gasteiger partial charge is 0.351 e. The van der Waals surface area contributed by atoms with Gasteiger partial charge in [-0.1, -0.05) is 18.2 Å². The first kappa shape index (κ1) is 18.8. The molecule has 142 valence electrons. The lowest BCUT2D eigenvalue weighted by atomic mass is 9.73. The number of nitrogens with one attached hydrogen (secondary N) is 1. The molecule has 1 aromatic carbocycles. The zero-order chi connectivity index (χ0) is 18.6. The van der Waals surface area contributed by atoms with E-state index in [4.69, 9.17) is 0 Å². The number of hydrogen-bond acceptors (Lipinski definition) is 3. The number of hydrogen-bond donors (Lipinski definition) is 1. The topological polar surface area (TPSA) is 52.6 Å². The van der Waals surface area contributed by atoms with Gasteiger partial charge in [0, 0.05) is 43.6 Å². The summed E-state index contributed by atoms with van der Waals surface area (Å²) in [5.74, 6) is -0.126. The van der Waals surface area contributed by atoms with Crippen LogP contribution in [0.4, 0.5) is 4.39 Å². The van der Waals surface area contributed by atoms with Crippen molar-refractivity contribution >= 4 is 11.8 Å². The Morgan fingerprint density at radius 2 is 2.08 bits per heavy atom. The predicted octanol–water partition coefficient (Wildman–Crippen LogP) is 2.17. The van der Waals surface area contributed by atoms with Crippen LogP contribution in [0.25, 0.3) is 0 Å². The second kappa shape index (κ2) is 8.16. The molecule has 0 saturated carbocycles. The maximum Gasteiger partial charge on any atom is 0.234 e. The third-order valence-electron chi connectivity index (χ3n) is 5.67. The maximum atomic E-state index is 13.6. The molecule has 6 heteroatoms. The molecule has 2 heterocycles. The van der Waals surface area contributed by atoms with Gasteiger partial charge < -0.3 is 10.2 Å². The van der Waals surface area contributed by atoms with Gasteiger partial charge in [0.25, 0.3) is 0 Å². The summed E-state index contributed by atoms with van der Waals surface area (Å²) in [6.45, 7) is 5.87. The molecule has 2 saturated heterocycles.